The number of ether oxygens (including phenoxy) is 1. The Hall–Kier alpha value is -0.980. The number of nitrogens with zero attached hydrogens (tertiary/aromatic N) is 2. The molecule has 106 valence electrons. The molecule has 2 heterocycles. The molecule has 1 aromatic rings. The molecule has 2 rings (SSSR count). The van der Waals surface area contributed by atoms with Crippen molar-refractivity contribution in [2.24, 2.45) is 0 Å². The Morgan fingerprint density at radius 1 is 1.63 bits per heavy atom. The molecule has 6 heteroatoms. The molecule has 0 saturated carbocycles. The van der Waals surface area contributed by atoms with Gasteiger partial charge in [-0.25, -0.2) is 4.98 Å². The molecule has 0 radical (unpaired) electrons. The highest BCUT2D eigenvalue weighted by Crippen LogP contribution is 2.26. The highest BCUT2D eigenvalue weighted by atomic mass is 32.1. The van der Waals surface area contributed by atoms with Gasteiger partial charge in [0.25, 0.3) is 5.91 Å². The van der Waals surface area contributed by atoms with Gasteiger partial charge in [-0.05, 0) is 26.8 Å². The molecule has 2 atom stereocenters. The zero-order chi connectivity index (χ0) is 14.0. The van der Waals surface area contributed by atoms with E-state index >= 15 is 0 Å². The number of aryl methyl sites for hydroxylation is 1. The van der Waals surface area contributed by atoms with Gasteiger partial charge in [0.1, 0.15) is 16.0 Å². The van der Waals surface area contributed by atoms with E-state index in [2.05, 4.69) is 10.3 Å². The lowest BCUT2D eigenvalue weighted by Crippen LogP contribution is -2.38. The van der Waals surface area contributed by atoms with Crippen LogP contribution >= 0.6 is 11.3 Å². The van der Waals surface area contributed by atoms with Crippen molar-refractivity contribution in [3.05, 3.63) is 15.6 Å². The van der Waals surface area contributed by atoms with Crippen molar-refractivity contribution >= 4 is 17.2 Å². The fourth-order valence-corrected chi connectivity index (χ4v) is 3.26. The first-order chi connectivity index (χ1) is 9.04. The van der Waals surface area contributed by atoms with Crippen molar-refractivity contribution in [3.63, 3.8) is 0 Å². The smallest absolute Gasteiger partial charge is 0.265 e. The summed E-state index contributed by atoms with van der Waals surface area (Å²) in [5, 5.41) is 4.14. The standard InChI is InChI=1S/C13H21N3O2S/c1-8-11(19-12(15-8)9(2)18-4)13(17)16(3)10-5-6-14-7-10/h9-10,14H,5-7H2,1-4H3/t9-,10+/m0/s1. The number of hydrogen-bond acceptors (Lipinski definition) is 5. The maximum atomic E-state index is 12.5. The van der Waals surface area contributed by atoms with Crippen LogP contribution < -0.4 is 5.32 Å². The number of carbonyl (C=O) groups is 1. The summed E-state index contributed by atoms with van der Waals surface area (Å²) >= 11 is 1.44. The maximum absolute atomic E-state index is 12.5. The van der Waals surface area contributed by atoms with Crippen LogP contribution in [0.2, 0.25) is 0 Å². The largest absolute Gasteiger partial charge is 0.375 e. The lowest BCUT2D eigenvalue weighted by atomic mass is 10.2. The third-order valence-corrected chi connectivity index (χ3v) is 4.92. The van der Waals surface area contributed by atoms with Gasteiger partial charge >= 0.3 is 0 Å². The van der Waals surface area contributed by atoms with Crippen molar-refractivity contribution in [1.29, 1.82) is 0 Å². The Kier molecular flexibility index (Phi) is 4.54. The van der Waals surface area contributed by atoms with Crippen LogP contribution in [0, 0.1) is 6.92 Å². The van der Waals surface area contributed by atoms with E-state index in [0.717, 1.165) is 35.1 Å². The van der Waals surface area contributed by atoms with E-state index in [4.69, 9.17) is 4.74 Å². The molecular formula is C13H21N3O2S. The monoisotopic (exact) mass is 283 g/mol. The van der Waals surface area contributed by atoms with Crippen molar-refractivity contribution in [1.82, 2.24) is 15.2 Å². The SMILES string of the molecule is CO[C@@H](C)c1nc(C)c(C(=O)N(C)[C@@H]2CCNC2)s1. The molecule has 0 bridgehead atoms. The number of thiazole rings is 1. The van der Waals surface area contributed by atoms with Gasteiger partial charge in [0.2, 0.25) is 0 Å². The number of amides is 1. The molecule has 1 aliphatic rings. The van der Waals surface area contributed by atoms with E-state index < -0.39 is 0 Å². The minimum atomic E-state index is -0.0660. The third-order valence-electron chi connectivity index (χ3n) is 3.61. The average molecular weight is 283 g/mol. The molecule has 5 nitrogen and oxygen atoms in total. The van der Waals surface area contributed by atoms with Crippen molar-refractivity contribution in [3.8, 4) is 0 Å². The fourth-order valence-electron chi connectivity index (χ4n) is 2.19. The Bertz CT molecular complexity index is 455. The number of hydrogen-bond donors (Lipinski definition) is 1. The fraction of sp³-hybridized carbons (Fsp3) is 0.692. The number of methoxy groups -OCH3 is 1. The third kappa shape index (κ3) is 2.96. The van der Waals surface area contributed by atoms with Crippen LogP contribution in [0.4, 0.5) is 0 Å². The molecule has 19 heavy (non-hydrogen) atoms. The molecule has 1 N–H and O–H groups in total. The zero-order valence-corrected chi connectivity index (χ0v) is 12.7. The van der Waals surface area contributed by atoms with E-state index in [0.29, 0.717) is 0 Å². The summed E-state index contributed by atoms with van der Waals surface area (Å²) in [6, 6.07) is 0.289. The normalized spacial score (nSPS) is 20.5. The minimum Gasteiger partial charge on any atom is -0.375 e. The second kappa shape index (κ2) is 5.98. The van der Waals surface area contributed by atoms with Gasteiger partial charge in [0.05, 0.1) is 5.69 Å². The highest BCUT2D eigenvalue weighted by Gasteiger charge is 2.27. The molecule has 1 aliphatic heterocycles. The molecule has 1 fully saturated rings. The molecule has 1 aromatic heterocycles. The molecule has 1 amide bonds. The van der Waals surface area contributed by atoms with Crippen LogP contribution in [0.25, 0.3) is 0 Å². The maximum Gasteiger partial charge on any atom is 0.265 e. The van der Waals surface area contributed by atoms with E-state index in [1.54, 1.807) is 7.11 Å². The molecule has 1 saturated heterocycles. The zero-order valence-electron chi connectivity index (χ0n) is 11.9. The number of carbonyl (C=O) groups excluding carboxylic acids is 1. The Morgan fingerprint density at radius 3 is 2.95 bits per heavy atom. The van der Waals surface area contributed by atoms with Crippen LogP contribution in [0.1, 0.15) is 39.8 Å². The summed E-state index contributed by atoms with van der Waals surface area (Å²) in [7, 11) is 3.53. The lowest BCUT2D eigenvalue weighted by Gasteiger charge is -2.23. The van der Waals surface area contributed by atoms with Gasteiger partial charge in [-0.3, -0.25) is 4.79 Å². The first kappa shape index (κ1) is 14.4. The van der Waals surface area contributed by atoms with Gasteiger partial charge < -0.3 is 15.0 Å². The van der Waals surface area contributed by atoms with Gasteiger partial charge in [-0.1, -0.05) is 0 Å². The van der Waals surface area contributed by atoms with Gasteiger partial charge in [0, 0.05) is 26.7 Å². The van der Waals surface area contributed by atoms with Crippen molar-refractivity contribution < 1.29 is 9.53 Å². The molecule has 0 unspecified atom stereocenters. The summed E-state index contributed by atoms with van der Waals surface area (Å²) in [4.78, 5) is 19.5. The van der Waals surface area contributed by atoms with Crippen LogP contribution in [0.3, 0.4) is 0 Å². The first-order valence-electron chi connectivity index (χ1n) is 6.52. The molecule has 0 spiro atoms. The topological polar surface area (TPSA) is 54.5 Å². The van der Waals surface area contributed by atoms with Gasteiger partial charge in [-0.15, -0.1) is 11.3 Å². The van der Waals surface area contributed by atoms with E-state index in [9.17, 15) is 4.79 Å². The highest BCUT2D eigenvalue weighted by molar-refractivity contribution is 7.13. The summed E-state index contributed by atoms with van der Waals surface area (Å²) in [6.45, 7) is 5.69. The number of likely N-dealkylation sites (N-methyl/N-ethyl adjacent to an activating group) is 1. The summed E-state index contributed by atoms with van der Waals surface area (Å²) < 4.78 is 5.26. The average Bonchev–Trinajstić information content (AvgIpc) is 3.05. The first-order valence-corrected chi connectivity index (χ1v) is 7.34. The van der Waals surface area contributed by atoms with E-state index in [-0.39, 0.29) is 18.1 Å². The summed E-state index contributed by atoms with van der Waals surface area (Å²) in [6.07, 6.45) is 0.949. The van der Waals surface area contributed by atoms with Crippen LogP contribution in [-0.4, -0.2) is 49.1 Å². The Balaban J connectivity index is 2.16. The molecular weight excluding hydrogens is 262 g/mol. The van der Waals surface area contributed by atoms with Crippen LogP contribution in [0.15, 0.2) is 0 Å². The lowest BCUT2D eigenvalue weighted by molar-refractivity contribution is 0.0747. The molecule has 0 aromatic carbocycles. The molecule has 0 aliphatic carbocycles. The summed E-state index contributed by atoms with van der Waals surface area (Å²) in [5.74, 6) is 0.0678. The van der Waals surface area contributed by atoms with E-state index in [1.807, 2.05) is 25.8 Å². The Labute approximate surface area is 118 Å². The van der Waals surface area contributed by atoms with Crippen molar-refractivity contribution in [2.45, 2.75) is 32.4 Å². The van der Waals surface area contributed by atoms with Gasteiger partial charge in [-0.2, -0.15) is 0 Å². The predicted octanol–water partition coefficient (Wildman–Crippen LogP) is 1.59. The van der Waals surface area contributed by atoms with E-state index in [1.165, 1.54) is 11.3 Å². The van der Waals surface area contributed by atoms with Gasteiger partial charge in [0.15, 0.2) is 0 Å². The summed E-state index contributed by atoms with van der Waals surface area (Å²) in [5.41, 5.74) is 0.798. The minimum absolute atomic E-state index is 0.0660. The Morgan fingerprint density at radius 2 is 2.37 bits per heavy atom. The van der Waals surface area contributed by atoms with Crippen LogP contribution in [-0.2, 0) is 4.74 Å². The quantitative estimate of drug-likeness (QED) is 0.912. The number of aromatic nitrogens is 1. The number of rotatable bonds is 4. The second-order valence-corrected chi connectivity index (χ2v) is 5.94. The van der Waals surface area contributed by atoms with Crippen molar-refractivity contribution in [2.75, 3.05) is 27.2 Å². The second-order valence-electron chi connectivity index (χ2n) is 4.91. The predicted molar refractivity (Wildman–Crippen MR) is 75.6 cm³/mol. The number of nitrogens with one attached hydrogen (secondary N) is 1. The van der Waals surface area contributed by atoms with Crippen LogP contribution in [0.5, 0.6) is 0 Å².